The molecular formula is C19H19ClN4O4. The monoisotopic (exact) mass is 402 g/mol. The maximum absolute atomic E-state index is 12.5. The van der Waals surface area contributed by atoms with Gasteiger partial charge in [-0.3, -0.25) is 19.7 Å². The van der Waals surface area contributed by atoms with Gasteiger partial charge in [0.2, 0.25) is 0 Å². The van der Waals surface area contributed by atoms with E-state index in [1.165, 1.54) is 17.0 Å². The number of carbonyl (C=O) groups is 2. The Bertz CT molecular complexity index is 926. The Morgan fingerprint density at radius 1 is 1.11 bits per heavy atom. The van der Waals surface area contributed by atoms with Crippen molar-refractivity contribution in [2.45, 2.75) is 6.92 Å². The summed E-state index contributed by atoms with van der Waals surface area (Å²) in [6.45, 7) is 3.57. The van der Waals surface area contributed by atoms with Crippen molar-refractivity contribution in [3.8, 4) is 0 Å². The molecule has 0 atom stereocenters. The molecule has 3 rings (SSSR count). The van der Waals surface area contributed by atoms with Gasteiger partial charge in [0.1, 0.15) is 5.69 Å². The van der Waals surface area contributed by atoms with Crippen molar-refractivity contribution in [1.29, 1.82) is 0 Å². The van der Waals surface area contributed by atoms with Crippen molar-refractivity contribution in [1.82, 2.24) is 4.90 Å². The normalized spacial score (nSPS) is 13.9. The molecule has 0 radical (unpaired) electrons. The van der Waals surface area contributed by atoms with Gasteiger partial charge >= 0.3 is 11.8 Å². The number of aryl methyl sites for hydroxylation is 1. The van der Waals surface area contributed by atoms with Crippen LogP contribution < -0.4 is 10.2 Å². The van der Waals surface area contributed by atoms with E-state index in [1.807, 2.05) is 18.2 Å². The van der Waals surface area contributed by atoms with Crippen molar-refractivity contribution < 1.29 is 14.5 Å². The van der Waals surface area contributed by atoms with Crippen LogP contribution in [0.25, 0.3) is 0 Å². The number of amides is 2. The summed E-state index contributed by atoms with van der Waals surface area (Å²) in [5.74, 6) is -1.59. The number of nitro groups is 1. The van der Waals surface area contributed by atoms with Gasteiger partial charge in [0.05, 0.1) is 4.92 Å². The van der Waals surface area contributed by atoms with Gasteiger partial charge in [0.25, 0.3) is 5.69 Å². The Labute approximate surface area is 166 Å². The molecule has 0 spiro atoms. The van der Waals surface area contributed by atoms with Crippen LogP contribution in [0.3, 0.4) is 0 Å². The lowest BCUT2D eigenvalue weighted by Gasteiger charge is -2.35. The lowest BCUT2D eigenvalue weighted by Crippen LogP contribution is -2.51. The van der Waals surface area contributed by atoms with Crippen LogP contribution in [0.2, 0.25) is 5.02 Å². The smallest absolute Gasteiger partial charge is 0.314 e. The van der Waals surface area contributed by atoms with E-state index in [-0.39, 0.29) is 11.4 Å². The highest BCUT2D eigenvalue weighted by molar-refractivity contribution is 6.39. The number of nitrogens with zero attached hydrogens (tertiary/aromatic N) is 3. The minimum atomic E-state index is -0.886. The molecule has 1 aliphatic rings. The van der Waals surface area contributed by atoms with Gasteiger partial charge in [0, 0.05) is 43.0 Å². The molecule has 1 N–H and O–H groups in total. The minimum absolute atomic E-state index is 0.00603. The summed E-state index contributed by atoms with van der Waals surface area (Å²) < 4.78 is 0. The van der Waals surface area contributed by atoms with Crippen LogP contribution in [0.1, 0.15) is 5.56 Å². The predicted octanol–water partition coefficient (Wildman–Crippen LogP) is 2.84. The third-order valence-corrected chi connectivity index (χ3v) is 4.77. The second-order valence-electron chi connectivity index (χ2n) is 6.49. The van der Waals surface area contributed by atoms with E-state index in [4.69, 9.17) is 11.6 Å². The number of hydrogen-bond acceptors (Lipinski definition) is 5. The zero-order chi connectivity index (χ0) is 20.3. The lowest BCUT2D eigenvalue weighted by molar-refractivity contribution is -0.384. The van der Waals surface area contributed by atoms with Gasteiger partial charge in [-0.05, 0) is 36.8 Å². The molecule has 0 unspecified atom stereocenters. The Balaban J connectivity index is 1.62. The summed E-state index contributed by atoms with van der Waals surface area (Å²) in [5.41, 5.74) is 1.41. The largest absolute Gasteiger partial charge is 0.368 e. The van der Waals surface area contributed by atoms with Crippen molar-refractivity contribution in [2.24, 2.45) is 0 Å². The minimum Gasteiger partial charge on any atom is -0.368 e. The molecule has 2 aromatic carbocycles. The number of nitro benzene ring substituents is 1. The highest BCUT2D eigenvalue weighted by Gasteiger charge is 2.27. The van der Waals surface area contributed by atoms with Crippen molar-refractivity contribution in [2.75, 3.05) is 36.4 Å². The van der Waals surface area contributed by atoms with E-state index in [9.17, 15) is 19.7 Å². The number of carbonyl (C=O) groups excluding carboxylic acids is 2. The summed E-state index contributed by atoms with van der Waals surface area (Å²) in [6.07, 6.45) is 0. The fourth-order valence-corrected chi connectivity index (χ4v) is 3.24. The second-order valence-corrected chi connectivity index (χ2v) is 6.93. The molecule has 8 nitrogen and oxygen atoms in total. The quantitative estimate of drug-likeness (QED) is 0.484. The molecule has 1 saturated heterocycles. The maximum Gasteiger partial charge on any atom is 0.314 e. The molecule has 1 aliphatic heterocycles. The van der Waals surface area contributed by atoms with Gasteiger partial charge in [-0.25, -0.2) is 0 Å². The second kappa shape index (κ2) is 8.26. The first-order valence-electron chi connectivity index (χ1n) is 8.71. The number of hydrogen-bond donors (Lipinski definition) is 1. The van der Waals surface area contributed by atoms with E-state index in [0.717, 1.165) is 5.69 Å². The Morgan fingerprint density at radius 2 is 1.82 bits per heavy atom. The molecule has 28 heavy (non-hydrogen) atoms. The number of piperazine rings is 1. The third kappa shape index (κ3) is 4.40. The maximum atomic E-state index is 12.5. The SMILES string of the molecule is Cc1ccc(NC(=O)C(=O)N2CCN(c3cccc(Cl)c3)CC2)c([N+](=O)[O-])c1. The van der Waals surface area contributed by atoms with Gasteiger partial charge in [-0.15, -0.1) is 0 Å². The average molecular weight is 403 g/mol. The molecule has 9 heteroatoms. The van der Waals surface area contributed by atoms with Gasteiger partial charge in [-0.1, -0.05) is 23.7 Å². The molecule has 1 heterocycles. The number of nitrogens with one attached hydrogen (secondary N) is 1. The van der Waals surface area contributed by atoms with Crippen LogP contribution in [-0.4, -0.2) is 47.8 Å². The number of halogens is 1. The zero-order valence-electron chi connectivity index (χ0n) is 15.2. The summed E-state index contributed by atoms with van der Waals surface area (Å²) in [6, 6.07) is 11.8. The first-order chi connectivity index (χ1) is 13.3. The molecular weight excluding hydrogens is 384 g/mol. The van der Waals surface area contributed by atoms with E-state index < -0.39 is 16.7 Å². The molecule has 146 valence electrons. The van der Waals surface area contributed by atoms with Crippen LogP contribution in [0.15, 0.2) is 42.5 Å². The first-order valence-corrected chi connectivity index (χ1v) is 9.09. The molecule has 2 aromatic rings. The Morgan fingerprint density at radius 3 is 2.46 bits per heavy atom. The topological polar surface area (TPSA) is 95.8 Å². The number of anilines is 2. The summed E-state index contributed by atoms with van der Waals surface area (Å²) in [4.78, 5) is 38.9. The molecule has 0 aliphatic carbocycles. The van der Waals surface area contributed by atoms with Gasteiger partial charge in [0.15, 0.2) is 0 Å². The van der Waals surface area contributed by atoms with Gasteiger partial charge in [-0.2, -0.15) is 0 Å². The van der Waals surface area contributed by atoms with Crippen LogP contribution in [0.5, 0.6) is 0 Å². The molecule has 0 saturated carbocycles. The fraction of sp³-hybridized carbons (Fsp3) is 0.263. The molecule has 1 fully saturated rings. The molecule has 2 amide bonds. The summed E-state index contributed by atoms with van der Waals surface area (Å²) >= 11 is 6.01. The molecule has 0 aromatic heterocycles. The van der Waals surface area contributed by atoms with E-state index in [1.54, 1.807) is 19.1 Å². The molecule has 0 bridgehead atoms. The van der Waals surface area contributed by atoms with Crippen molar-refractivity contribution in [3.05, 3.63) is 63.2 Å². The standard InChI is InChI=1S/C19H19ClN4O4/c1-13-5-6-16(17(11-13)24(27)28)21-18(25)19(26)23-9-7-22(8-10-23)15-4-2-3-14(20)12-15/h2-6,11-12H,7-10H2,1H3,(H,21,25). The third-order valence-electron chi connectivity index (χ3n) is 4.53. The highest BCUT2D eigenvalue weighted by Crippen LogP contribution is 2.25. The van der Waals surface area contributed by atoms with Crippen molar-refractivity contribution in [3.63, 3.8) is 0 Å². The van der Waals surface area contributed by atoms with Crippen molar-refractivity contribution >= 4 is 40.5 Å². The number of rotatable bonds is 3. The summed E-state index contributed by atoms with van der Waals surface area (Å²) in [5, 5.41) is 14.2. The summed E-state index contributed by atoms with van der Waals surface area (Å²) in [7, 11) is 0. The van der Waals surface area contributed by atoms with Crippen LogP contribution >= 0.6 is 11.6 Å². The van der Waals surface area contributed by atoms with Crippen LogP contribution in [0, 0.1) is 17.0 Å². The van der Waals surface area contributed by atoms with E-state index in [2.05, 4.69) is 10.2 Å². The highest BCUT2D eigenvalue weighted by atomic mass is 35.5. The lowest BCUT2D eigenvalue weighted by atomic mass is 10.2. The van der Waals surface area contributed by atoms with E-state index in [0.29, 0.717) is 36.8 Å². The predicted molar refractivity (Wildman–Crippen MR) is 107 cm³/mol. The average Bonchev–Trinajstić information content (AvgIpc) is 2.68. The first kappa shape index (κ1) is 19.6. The van der Waals surface area contributed by atoms with Crippen LogP contribution in [-0.2, 0) is 9.59 Å². The zero-order valence-corrected chi connectivity index (χ0v) is 16.0. The fourth-order valence-electron chi connectivity index (χ4n) is 3.06. The number of benzene rings is 2. The van der Waals surface area contributed by atoms with E-state index >= 15 is 0 Å². The van der Waals surface area contributed by atoms with Crippen LogP contribution in [0.4, 0.5) is 17.1 Å². The van der Waals surface area contributed by atoms with Gasteiger partial charge < -0.3 is 15.1 Å². The Hall–Kier alpha value is -3.13. The Kier molecular flexibility index (Phi) is 5.79.